The van der Waals surface area contributed by atoms with Crippen molar-refractivity contribution in [3.63, 3.8) is 0 Å². The van der Waals surface area contributed by atoms with Gasteiger partial charge in [0.25, 0.3) is 5.91 Å². The summed E-state index contributed by atoms with van der Waals surface area (Å²) in [4.78, 5) is 28.7. The van der Waals surface area contributed by atoms with Crippen molar-refractivity contribution in [2.75, 3.05) is 20.2 Å². The number of carbonyl (C=O) groups is 2. The molecule has 1 spiro atoms. The third-order valence-corrected chi connectivity index (χ3v) is 6.57. The summed E-state index contributed by atoms with van der Waals surface area (Å²) in [5.74, 6) is 1.06. The molecule has 1 unspecified atom stereocenters. The van der Waals surface area contributed by atoms with Crippen molar-refractivity contribution < 1.29 is 19.1 Å². The van der Waals surface area contributed by atoms with Crippen molar-refractivity contribution in [3.8, 4) is 5.75 Å². The van der Waals surface area contributed by atoms with Crippen LogP contribution in [-0.2, 0) is 20.9 Å². The van der Waals surface area contributed by atoms with Gasteiger partial charge in [-0.25, -0.2) is 0 Å². The molecule has 1 aromatic carbocycles. The van der Waals surface area contributed by atoms with Gasteiger partial charge < -0.3 is 19.3 Å². The van der Waals surface area contributed by atoms with Gasteiger partial charge in [0.1, 0.15) is 17.5 Å². The number of hydrogen-bond acceptors (Lipinski definition) is 4. The van der Waals surface area contributed by atoms with Crippen LogP contribution in [0.15, 0.2) is 24.3 Å². The molecule has 0 bridgehead atoms. The molecule has 1 saturated heterocycles. The molecule has 152 valence electrons. The third kappa shape index (κ3) is 3.75. The van der Waals surface area contributed by atoms with Gasteiger partial charge in [0, 0.05) is 38.7 Å². The van der Waals surface area contributed by atoms with E-state index in [0.717, 1.165) is 49.8 Å². The second-order valence-electron chi connectivity index (χ2n) is 8.45. The van der Waals surface area contributed by atoms with E-state index in [1.54, 1.807) is 6.92 Å². The molecule has 0 N–H and O–H groups in total. The first-order chi connectivity index (χ1) is 13.5. The van der Waals surface area contributed by atoms with Crippen LogP contribution < -0.4 is 4.74 Å². The summed E-state index contributed by atoms with van der Waals surface area (Å²) in [6.07, 6.45) is 4.87. The topological polar surface area (TPSA) is 59.1 Å². The van der Waals surface area contributed by atoms with Gasteiger partial charge in [-0.3, -0.25) is 9.59 Å². The van der Waals surface area contributed by atoms with Crippen molar-refractivity contribution in [2.24, 2.45) is 0 Å². The van der Waals surface area contributed by atoms with E-state index in [0.29, 0.717) is 19.7 Å². The molecule has 28 heavy (non-hydrogen) atoms. The Morgan fingerprint density at radius 3 is 2.61 bits per heavy atom. The van der Waals surface area contributed by atoms with E-state index in [1.165, 1.54) is 0 Å². The molecule has 2 heterocycles. The fraction of sp³-hybridized carbons (Fsp3) is 0.636. The van der Waals surface area contributed by atoms with Crippen LogP contribution >= 0.6 is 0 Å². The molecule has 1 aliphatic carbocycles. The van der Waals surface area contributed by atoms with E-state index < -0.39 is 5.60 Å². The maximum absolute atomic E-state index is 13.1. The summed E-state index contributed by atoms with van der Waals surface area (Å²) in [5.41, 5.74) is 0.656. The summed E-state index contributed by atoms with van der Waals surface area (Å²) < 4.78 is 12.3. The number of rotatable bonds is 2. The van der Waals surface area contributed by atoms with E-state index in [-0.39, 0.29) is 24.0 Å². The van der Waals surface area contributed by atoms with Crippen LogP contribution in [0.4, 0.5) is 0 Å². The van der Waals surface area contributed by atoms with Crippen LogP contribution in [-0.4, -0.2) is 59.6 Å². The summed E-state index contributed by atoms with van der Waals surface area (Å²) >= 11 is 0. The van der Waals surface area contributed by atoms with Crippen molar-refractivity contribution in [1.29, 1.82) is 0 Å². The molecule has 6 nitrogen and oxygen atoms in total. The number of nitrogens with zero attached hydrogens (tertiary/aromatic N) is 2. The van der Waals surface area contributed by atoms with Gasteiger partial charge in [-0.05, 0) is 44.6 Å². The molecule has 4 rings (SSSR count). The smallest absolute Gasteiger partial charge is 0.252 e. The Morgan fingerprint density at radius 2 is 1.93 bits per heavy atom. The van der Waals surface area contributed by atoms with Crippen LogP contribution in [0.2, 0.25) is 0 Å². The molecule has 6 heteroatoms. The lowest BCUT2D eigenvalue weighted by atomic mass is 9.81. The maximum atomic E-state index is 13.1. The molecule has 2 amide bonds. The van der Waals surface area contributed by atoms with Gasteiger partial charge in [-0.2, -0.15) is 0 Å². The van der Waals surface area contributed by atoms with E-state index in [4.69, 9.17) is 9.47 Å². The molecule has 1 aromatic rings. The number of carbonyl (C=O) groups excluding carboxylic acids is 2. The molecule has 0 aromatic heterocycles. The lowest BCUT2D eigenvalue weighted by Crippen LogP contribution is -2.53. The Labute approximate surface area is 166 Å². The zero-order valence-corrected chi connectivity index (χ0v) is 16.9. The highest BCUT2D eigenvalue weighted by molar-refractivity contribution is 5.81. The number of ether oxygens (including phenoxy) is 2. The number of benzene rings is 1. The zero-order chi connectivity index (χ0) is 19.7. The van der Waals surface area contributed by atoms with Crippen molar-refractivity contribution in [2.45, 2.75) is 69.7 Å². The largest absolute Gasteiger partial charge is 0.485 e. The lowest BCUT2D eigenvalue weighted by Gasteiger charge is -2.43. The third-order valence-electron chi connectivity index (χ3n) is 6.57. The highest BCUT2D eigenvalue weighted by Crippen LogP contribution is 2.39. The summed E-state index contributed by atoms with van der Waals surface area (Å²) in [7, 11) is 1.88. The van der Waals surface area contributed by atoms with Crippen molar-refractivity contribution in [3.05, 3.63) is 29.8 Å². The van der Waals surface area contributed by atoms with E-state index in [2.05, 4.69) is 0 Å². The second-order valence-corrected chi connectivity index (χ2v) is 8.45. The van der Waals surface area contributed by atoms with Gasteiger partial charge in [-0.15, -0.1) is 0 Å². The minimum absolute atomic E-state index is 0.0835. The Kier molecular flexibility index (Phi) is 5.32. The van der Waals surface area contributed by atoms with Crippen LogP contribution in [0.25, 0.3) is 0 Å². The standard InChI is InChI=1S/C22H30N2O4/c1-16(25)23(2)18-9-11-22(12-10-18)15-24(21(26)20-8-5-13-27-20)14-17-6-3-4-7-19(17)28-22/h3-4,6-7,18,20H,5,8-15H2,1-2H3. The van der Waals surface area contributed by atoms with E-state index in [1.807, 2.05) is 41.1 Å². The molecular formula is C22H30N2O4. The lowest BCUT2D eigenvalue weighted by molar-refractivity contribution is -0.145. The Hall–Kier alpha value is -2.08. The quantitative estimate of drug-likeness (QED) is 0.784. The number of fused-ring (bicyclic) bond motifs is 1. The molecule has 1 saturated carbocycles. The van der Waals surface area contributed by atoms with Crippen LogP contribution in [0, 0.1) is 0 Å². The van der Waals surface area contributed by atoms with Gasteiger partial charge in [-0.1, -0.05) is 18.2 Å². The van der Waals surface area contributed by atoms with Crippen LogP contribution in [0.5, 0.6) is 5.75 Å². The predicted octanol–water partition coefficient (Wildman–Crippen LogP) is 2.75. The molecule has 0 radical (unpaired) electrons. The van der Waals surface area contributed by atoms with E-state index >= 15 is 0 Å². The first-order valence-corrected chi connectivity index (χ1v) is 10.4. The zero-order valence-electron chi connectivity index (χ0n) is 16.9. The van der Waals surface area contributed by atoms with Gasteiger partial charge >= 0.3 is 0 Å². The monoisotopic (exact) mass is 386 g/mol. The summed E-state index contributed by atoms with van der Waals surface area (Å²) in [6, 6.07) is 8.27. The fourth-order valence-electron chi connectivity index (χ4n) is 4.77. The predicted molar refractivity (Wildman–Crippen MR) is 105 cm³/mol. The van der Waals surface area contributed by atoms with Crippen LogP contribution in [0.1, 0.15) is 51.0 Å². The van der Waals surface area contributed by atoms with Gasteiger partial charge in [0.15, 0.2) is 0 Å². The molecule has 3 aliphatic rings. The molecule has 2 aliphatic heterocycles. The Bertz CT molecular complexity index is 736. The first-order valence-electron chi connectivity index (χ1n) is 10.4. The van der Waals surface area contributed by atoms with Crippen molar-refractivity contribution in [1.82, 2.24) is 9.80 Å². The SMILES string of the molecule is CC(=O)N(C)C1CCC2(CC1)CN(C(=O)C1CCCO1)Cc1ccccc1O2. The fourth-order valence-corrected chi connectivity index (χ4v) is 4.77. The summed E-state index contributed by atoms with van der Waals surface area (Å²) in [6.45, 7) is 3.43. The summed E-state index contributed by atoms with van der Waals surface area (Å²) in [5, 5.41) is 0. The second kappa shape index (κ2) is 7.74. The number of hydrogen-bond donors (Lipinski definition) is 0. The molecule has 1 atom stereocenters. The average Bonchev–Trinajstić information content (AvgIpc) is 3.18. The highest BCUT2D eigenvalue weighted by atomic mass is 16.5. The Balaban J connectivity index is 1.57. The molecule has 2 fully saturated rings. The van der Waals surface area contributed by atoms with Crippen LogP contribution in [0.3, 0.4) is 0 Å². The average molecular weight is 386 g/mol. The Morgan fingerprint density at radius 1 is 1.18 bits per heavy atom. The normalized spacial score (nSPS) is 29.7. The van der Waals surface area contributed by atoms with Gasteiger partial charge in [0.2, 0.25) is 5.91 Å². The van der Waals surface area contributed by atoms with E-state index in [9.17, 15) is 9.59 Å². The maximum Gasteiger partial charge on any atom is 0.252 e. The number of amides is 2. The first kappa shape index (κ1) is 19.2. The van der Waals surface area contributed by atoms with Crippen molar-refractivity contribution >= 4 is 11.8 Å². The highest BCUT2D eigenvalue weighted by Gasteiger charge is 2.44. The molecular weight excluding hydrogens is 356 g/mol. The number of para-hydroxylation sites is 1. The minimum atomic E-state index is -0.394. The van der Waals surface area contributed by atoms with Gasteiger partial charge in [0.05, 0.1) is 6.54 Å². The minimum Gasteiger partial charge on any atom is -0.485 e.